The minimum atomic E-state index is -1.09. The zero-order valence-corrected chi connectivity index (χ0v) is 7.86. The van der Waals surface area contributed by atoms with Gasteiger partial charge < -0.3 is 10.5 Å². The van der Waals surface area contributed by atoms with Gasteiger partial charge >= 0.3 is 5.97 Å². The van der Waals surface area contributed by atoms with Crippen molar-refractivity contribution in [3.63, 3.8) is 0 Å². The van der Waals surface area contributed by atoms with E-state index in [-0.39, 0.29) is 12.1 Å². The first-order chi connectivity index (χ1) is 7.22. The van der Waals surface area contributed by atoms with Gasteiger partial charge in [0.15, 0.2) is 0 Å². The number of hydrogen-bond acceptors (Lipinski definition) is 4. The van der Waals surface area contributed by atoms with Crippen LogP contribution in [0.15, 0.2) is 36.0 Å². The number of anilines is 1. The Bertz CT molecular complexity index is 383. The van der Waals surface area contributed by atoms with E-state index < -0.39 is 5.97 Å². The zero-order valence-electron chi connectivity index (χ0n) is 7.86. The highest BCUT2D eigenvalue weighted by molar-refractivity contribution is 5.73. The molecule has 1 aromatic rings. The van der Waals surface area contributed by atoms with E-state index >= 15 is 0 Å². The standard InChI is InChI=1S/C10H10N2O3/c13-7-9(6-10(14)15)12-11-8-4-2-1-3-5-8/h1-5,11-12H,6H2,(H,14,15). The normalized spacial score (nSPS) is 8.80. The number of carbonyl (C=O) groups excluding carboxylic acids is 1. The van der Waals surface area contributed by atoms with Gasteiger partial charge in [-0.2, -0.15) is 0 Å². The molecule has 5 nitrogen and oxygen atoms in total. The molecule has 3 N–H and O–H groups in total. The molecule has 0 heterocycles. The molecule has 0 fully saturated rings. The molecule has 0 unspecified atom stereocenters. The van der Waals surface area contributed by atoms with Crippen molar-refractivity contribution in [3.8, 4) is 0 Å². The lowest BCUT2D eigenvalue weighted by atomic mass is 10.3. The van der Waals surface area contributed by atoms with Crippen LogP contribution in [0.25, 0.3) is 0 Å². The summed E-state index contributed by atoms with van der Waals surface area (Å²) in [4.78, 5) is 20.6. The van der Waals surface area contributed by atoms with Crippen LogP contribution < -0.4 is 10.9 Å². The fourth-order valence-electron chi connectivity index (χ4n) is 0.926. The minimum absolute atomic E-state index is 0.0497. The van der Waals surface area contributed by atoms with Gasteiger partial charge in [0.2, 0.25) is 0 Å². The molecule has 0 amide bonds. The summed E-state index contributed by atoms with van der Waals surface area (Å²) in [5.41, 5.74) is 5.85. The van der Waals surface area contributed by atoms with Crippen LogP contribution in [0.4, 0.5) is 5.69 Å². The molecule has 78 valence electrons. The maximum absolute atomic E-state index is 10.3. The third-order valence-electron chi connectivity index (χ3n) is 1.58. The Labute approximate surface area is 86.4 Å². The number of carboxylic acids is 1. The summed E-state index contributed by atoms with van der Waals surface area (Å²) >= 11 is 0. The summed E-state index contributed by atoms with van der Waals surface area (Å²) in [7, 11) is 0. The summed E-state index contributed by atoms with van der Waals surface area (Å²) in [5, 5.41) is 8.44. The van der Waals surface area contributed by atoms with Gasteiger partial charge in [-0.25, -0.2) is 4.79 Å². The second-order valence-electron chi connectivity index (χ2n) is 2.77. The molecule has 0 aliphatic heterocycles. The molecular formula is C10H10N2O3. The van der Waals surface area contributed by atoms with E-state index in [0.29, 0.717) is 0 Å². The summed E-state index contributed by atoms with van der Waals surface area (Å²) < 4.78 is 0. The van der Waals surface area contributed by atoms with Crippen LogP contribution in [-0.4, -0.2) is 17.0 Å². The number of aliphatic carboxylic acids is 1. The van der Waals surface area contributed by atoms with Crippen LogP contribution in [0.2, 0.25) is 0 Å². The molecule has 0 aliphatic carbocycles. The van der Waals surface area contributed by atoms with E-state index in [9.17, 15) is 9.59 Å². The smallest absolute Gasteiger partial charge is 0.310 e. The van der Waals surface area contributed by atoms with Crippen LogP contribution in [0.1, 0.15) is 6.42 Å². The molecule has 1 rings (SSSR count). The summed E-state index contributed by atoms with van der Waals surface area (Å²) in [6.45, 7) is 0. The first-order valence-electron chi connectivity index (χ1n) is 4.25. The number of rotatable bonds is 5. The van der Waals surface area contributed by atoms with E-state index in [1.807, 2.05) is 18.2 Å². The fraction of sp³-hybridized carbons (Fsp3) is 0.100. The highest BCUT2D eigenvalue weighted by Crippen LogP contribution is 2.03. The van der Waals surface area contributed by atoms with Crippen molar-refractivity contribution in [2.75, 3.05) is 5.43 Å². The Morgan fingerprint density at radius 3 is 2.53 bits per heavy atom. The summed E-state index contributed by atoms with van der Waals surface area (Å²) in [6, 6.07) is 9.02. The number of nitrogens with one attached hydrogen (secondary N) is 2. The van der Waals surface area contributed by atoms with Crippen molar-refractivity contribution < 1.29 is 14.7 Å². The topological polar surface area (TPSA) is 78.4 Å². The van der Waals surface area contributed by atoms with Crippen LogP contribution in [0.5, 0.6) is 0 Å². The van der Waals surface area contributed by atoms with Gasteiger partial charge in [-0.3, -0.25) is 10.2 Å². The number of para-hydroxylation sites is 1. The molecule has 0 bridgehead atoms. The molecule has 0 radical (unpaired) electrons. The first-order valence-corrected chi connectivity index (χ1v) is 4.25. The van der Waals surface area contributed by atoms with E-state index in [2.05, 4.69) is 10.9 Å². The van der Waals surface area contributed by atoms with Gasteiger partial charge in [0.25, 0.3) is 0 Å². The predicted molar refractivity (Wildman–Crippen MR) is 54.7 cm³/mol. The number of carboxylic acid groups (broad SMARTS) is 1. The Balaban J connectivity index is 2.49. The molecule has 5 heteroatoms. The largest absolute Gasteiger partial charge is 0.481 e. The van der Waals surface area contributed by atoms with Crippen molar-refractivity contribution in [2.24, 2.45) is 0 Å². The van der Waals surface area contributed by atoms with Gasteiger partial charge in [-0.1, -0.05) is 18.2 Å². The zero-order chi connectivity index (χ0) is 11.1. The average Bonchev–Trinajstić information content (AvgIpc) is 2.25. The number of benzene rings is 1. The van der Waals surface area contributed by atoms with Crippen molar-refractivity contribution >= 4 is 17.6 Å². The van der Waals surface area contributed by atoms with Crippen LogP contribution >= 0.6 is 0 Å². The summed E-state index contributed by atoms with van der Waals surface area (Å²) in [5.74, 6) is 0.429. The average molecular weight is 206 g/mol. The van der Waals surface area contributed by atoms with Crippen molar-refractivity contribution in [3.05, 3.63) is 36.0 Å². The lowest BCUT2D eigenvalue weighted by Gasteiger charge is -2.08. The molecule has 0 aliphatic rings. The third-order valence-corrected chi connectivity index (χ3v) is 1.58. The van der Waals surface area contributed by atoms with Crippen molar-refractivity contribution in [2.45, 2.75) is 6.42 Å². The van der Waals surface area contributed by atoms with Crippen molar-refractivity contribution in [1.82, 2.24) is 5.43 Å². The van der Waals surface area contributed by atoms with Gasteiger partial charge in [0, 0.05) is 0 Å². The van der Waals surface area contributed by atoms with Gasteiger partial charge in [-0.05, 0) is 12.1 Å². The molecule has 15 heavy (non-hydrogen) atoms. The van der Waals surface area contributed by atoms with Gasteiger partial charge in [0.1, 0.15) is 11.6 Å². The minimum Gasteiger partial charge on any atom is -0.481 e. The SMILES string of the molecule is O=C=C(CC(=O)O)NNc1ccccc1. The molecule has 1 aromatic carbocycles. The van der Waals surface area contributed by atoms with E-state index in [0.717, 1.165) is 5.69 Å². The highest BCUT2D eigenvalue weighted by atomic mass is 16.4. The van der Waals surface area contributed by atoms with Crippen LogP contribution in [0, 0.1) is 0 Å². The lowest BCUT2D eigenvalue weighted by molar-refractivity contribution is -0.136. The number of hydrazine groups is 1. The molecule has 0 aromatic heterocycles. The maximum Gasteiger partial charge on any atom is 0.310 e. The van der Waals surface area contributed by atoms with E-state index in [4.69, 9.17) is 5.11 Å². The molecule has 0 saturated carbocycles. The van der Waals surface area contributed by atoms with Crippen LogP contribution in [0.3, 0.4) is 0 Å². The highest BCUT2D eigenvalue weighted by Gasteiger charge is 2.03. The molecule has 0 spiro atoms. The van der Waals surface area contributed by atoms with Crippen LogP contribution in [-0.2, 0) is 9.59 Å². The lowest BCUT2D eigenvalue weighted by Crippen LogP contribution is -2.23. The fourth-order valence-corrected chi connectivity index (χ4v) is 0.926. The van der Waals surface area contributed by atoms with Crippen molar-refractivity contribution in [1.29, 1.82) is 0 Å². The Morgan fingerprint density at radius 2 is 2.00 bits per heavy atom. The molecule has 0 atom stereocenters. The predicted octanol–water partition coefficient (Wildman–Crippen LogP) is 0.793. The number of carbonyl (C=O) groups is 1. The monoisotopic (exact) mass is 206 g/mol. The molecule has 0 saturated heterocycles. The van der Waals surface area contributed by atoms with E-state index in [1.165, 1.54) is 5.94 Å². The summed E-state index contributed by atoms with van der Waals surface area (Å²) in [6.07, 6.45) is -0.386. The second kappa shape index (κ2) is 5.47. The number of hydrogen-bond donors (Lipinski definition) is 3. The first kappa shape index (κ1) is 10.8. The Morgan fingerprint density at radius 1 is 1.33 bits per heavy atom. The maximum atomic E-state index is 10.3. The Kier molecular flexibility index (Phi) is 3.94. The third kappa shape index (κ3) is 3.97. The van der Waals surface area contributed by atoms with Gasteiger partial charge in [-0.15, -0.1) is 0 Å². The van der Waals surface area contributed by atoms with E-state index in [1.54, 1.807) is 12.1 Å². The molecular weight excluding hydrogens is 196 g/mol. The van der Waals surface area contributed by atoms with Gasteiger partial charge in [0.05, 0.1) is 12.1 Å². The quantitative estimate of drug-likeness (QED) is 0.490. The second-order valence-corrected chi connectivity index (χ2v) is 2.77. The Hall–Kier alpha value is -2.26.